The average molecular weight is 263 g/mol. The third-order valence-corrected chi connectivity index (χ3v) is 2.85. The van der Waals surface area contributed by atoms with Crippen LogP contribution in [0.15, 0.2) is 27.8 Å². The topological polar surface area (TPSA) is 129 Å². The molecule has 0 aliphatic carbocycles. The van der Waals surface area contributed by atoms with E-state index in [9.17, 15) is 14.4 Å². The number of hydrogen-bond donors (Lipinski definition) is 4. The fourth-order valence-electron chi connectivity index (χ4n) is 1.76. The summed E-state index contributed by atoms with van der Waals surface area (Å²) in [6.07, 6.45) is 0.777. The molecule has 0 aliphatic heterocycles. The van der Waals surface area contributed by atoms with E-state index < -0.39 is 23.1 Å². The number of hydrogen-bond acceptors (Lipinski definition) is 4. The maximum absolute atomic E-state index is 11.2. The molecule has 1 unspecified atom stereocenters. The smallest absolute Gasteiger partial charge is 0.320 e. The quantitative estimate of drug-likeness (QED) is 0.556. The van der Waals surface area contributed by atoms with E-state index in [0.717, 1.165) is 5.56 Å². The minimum atomic E-state index is -1.04. The summed E-state index contributed by atoms with van der Waals surface area (Å²) in [5.74, 6) is -1.04. The summed E-state index contributed by atoms with van der Waals surface area (Å²) in [5, 5.41) is 8.69. The Balaban J connectivity index is 2.27. The molecule has 1 aromatic heterocycles. The van der Waals surface area contributed by atoms with Gasteiger partial charge in [0.25, 0.3) is 0 Å². The molecule has 0 bridgehead atoms. The van der Waals surface area contributed by atoms with Crippen LogP contribution in [0.2, 0.25) is 0 Å². The van der Waals surface area contributed by atoms with Crippen LogP contribution in [0.25, 0.3) is 11.0 Å². The van der Waals surface area contributed by atoms with E-state index >= 15 is 0 Å². The molecule has 5 N–H and O–H groups in total. The molecule has 0 saturated carbocycles. The van der Waals surface area contributed by atoms with Gasteiger partial charge in [-0.25, -0.2) is 0 Å². The zero-order valence-electron chi connectivity index (χ0n) is 9.97. The summed E-state index contributed by atoms with van der Waals surface area (Å²) >= 11 is 0. The molecule has 1 heterocycles. The fourth-order valence-corrected chi connectivity index (χ4v) is 1.76. The van der Waals surface area contributed by atoms with Crippen LogP contribution in [0, 0.1) is 0 Å². The third-order valence-electron chi connectivity index (χ3n) is 2.85. The summed E-state index contributed by atoms with van der Waals surface area (Å²) in [5.41, 5.74) is 5.87. The zero-order chi connectivity index (χ0) is 14.0. The molecule has 0 aliphatic rings. The third kappa shape index (κ3) is 2.89. The van der Waals surface area contributed by atoms with Gasteiger partial charge in [-0.2, -0.15) is 0 Å². The summed E-state index contributed by atoms with van der Waals surface area (Å²) in [7, 11) is 0. The molecule has 0 fully saturated rings. The van der Waals surface area contributed by atoms with E-state index in [4.69, 9.17) is 10.8 Å². The highest BCUT2D eigenvalue weighted by molar-refractivity contribution is 5.75. The highest BCUT2D eigenvalue weighted by atomic mass is 16.4. The molecule has 0 amide bonds. The van der Waals surface area contributed by atoms with E-state index in [-0.39, 0.29) is 0 Å². The van der Waals surface area contributed by atoms with Crippen LogP contribution in [0.4, 0.5) is 0 Å². The number of carboxylic acids is 1. The highest BCUT2D eigenvalue weighted by Crippen LogP contribution is 2.11. The van der Waals surface area contributed by atoms with Gasteiger partial charge in [0.15, 0.2) is 0 Å². The Labute approximate surface area is 107 Å². The largest absolute Gasteiger partial charge is 0.480 e. The maximum atomic E-state index is 11.2. The van der Waals surface area contributed by atoms with Crippen molar-refractivity contribution in [1.29, 1.82) is 0 Å². The van der Waals surface area contributed by atoms with Gasteiger partial charge in [-0.3, -0.25) is 14.4 Å². The van der Waals surface area contributed by atoms with Crippen LogP contribution in [-0.2, 0) is 11.2 Å². The lowest BCUT2D eigenvalue weighted by molar-refractivity contribution is -0.138. The van der Waals surface area contributed by atoms with Gasteiger partial charge in [0.1, 0.15) is 6.04 Å². The van der Waals surface area contributed by atoms with Crippen molar-refractivity contribution in [2.75, 3.05) is 0 Å². The molecule has 0 spiro atoms. The number of rotatable bonds is 4. The van der Waals surface area contributed by atoms with Crippen molar-refractivity contribution in [3.05, 3.63) is 44.5 Å². The molecular weight excluding hydrogens is 250 g/mol. The first-order valence-electron chi connectivity index (χ1n) is 5.71. The molecule has 2 rings (SSSR count). The number of carboxylic acid groups (broad SMARTS) is 1. The molecule has 7 heteroatoms. The van der Waals surface area contributed by atoms with E-state index in [1.165, 1.54) is 0 Å². The summed E-state index contributed by atoms with van der Waals surface area (Å²) < 4.78 is 0. The van der Waals surface area contributed by atoms with Crippen LogP contribution in [0.1, 0.15) is 12.0 Å². The summed E-state index contributed by atoms with van der Waals surface area (Å²) in [6.45, 7) is 0. The highest BCUT2D eigenvalue weighted by Gasteiger charge is 2.11. The maximum Gasteiger partial charge on any atom is 0.320 e. The minimum Gasteiger partial charge on any atom is -0.480 e. The van der Waals surface area contributed by atoms with Crippen LogP contribution in [0.5, 0.6) is 0 Å². The van der Waals surface area contributed by atoms with E-state index in [0.29, 0.717) is 23.9 Å². The van der Waals surface area contributed by atoms with Crippen molar-refractivity contribution in [3.8, 4) is 0 Å². The molecule has 1 aromatic carbocycles. The van der Waals surface area contributed by atoms with Gasteiger partial charge in [0, 0.05) is 0 Å². The number of nitrogens with one attached hydrogen (secondary N) is 2. The fraction of sp³-hybridized carbons (Fsp3) is 0.250. The van der Waals surface area contributed by atoms with Gasteiger partial charge >= 0.3 is 17.1 Å². The van der Waals surface area contributed by atoms with Gasteiger partial charge in [-0.05, 0) is 30.5 Å². The number of H-pyrrole nitrogens is 2. The van der Waals surface area contributed by atoms with Crippen molar-refractivity contribution in [1.82, 2.24) is 9.97 Å². The Morgan fingerprint density at radius 1 is 1.21 bits per heavy atom. The van der Waals surface area contributed by atoms with Crippen molar-refractivity contribution >= 4 is 17.0 Å². The first kappa shape index (κ1) is 13.0. The van der Waals surface area contributed by atoms with Crippen LogP contribution in [-0.4, -0.2) is 27.1 Å². The Kier molecular flexibility index (Phi) is 3.48. The van der Waals surface area contributed by atoms with Crippen molar-refractivity contribution in [2.45, 2.75) is 18.9 Å². The second-order valence-corrected chi connectivity index (χ2v) is 4.27. The Bertz CT molecular complexity index is 732. The predicted octanol–water partition coefficient (Wildman–Crippen LogP) is -0.439. The second kappa shape index (κ2) is 5.07. The molecule has 2 aromatic rings. The van der Waals surface area contributed by atoms with Gasteiger partial charge in [0.2, 0.25) is 0 Å². The van der Waals surface area contributed by atoms with E-state index in [1.54, 1.807) is 18.2 Å². The molecule has 1 atom stereocenters. The Hall–Kier alpha value is -2.41. The van der Waals surface area contributed by atoms with E-state index in [1.807, 2.05) is 0 Å². The zero-order valence-corrected chi connectivity index (χ0v) is 9.97. The number of aryl methyl sites for hydroxylation is 1. The number of nitrogens with two attached hydrogens (primary N) is 1. The second-order valence-electron chi connectivity index (χ2n) is 4.27. The van der Waals surface area contributed by atoms with Gasteiger partial charge in [-0.15, -0.1) is 0 Å². The number of aromatic nitrogens is 2. The van der Waals surface area contributed by atoms with Crippen molar-refractivity contribution < 1.29 is 9.90 Å². The first-order valence-corrected chi connectivity index (χ1v) is 5.71. The first-order chi connectivity index (χ1) is 8.97. The molecule has 0 saturated heterocycles. The molecule has 0 radical (unpaired) electrons. The SMILES string of the molecule is NC(CCc1ccc2[nH]c(=O)c(=O)[nH]c2c1)C(=O)O. The van der Waals surface area contributed by atoms with Crippen molar-refractivity contribution in [2.24, 2.45) is 5.73 Å². The minimum absolute atomic E-state index is 0.300. The average Bonchev–Trinajstić information content (AvgIpc) is 2.37. The van der Waals surface area contributed by atoms with Crippen LogP contribution < -0.4 is 16.9 Å². The summed E-state index contributed by atoms with van der Waals surface area (Å²) in [6, 6.07) is 4.20. The van der Waals surface area contributed by atoms with Gasteiger partial charge in [-0.1, -0.05) is 6.07 Å². The molecule has 100 valence electrons. The number of benzene rings is 1. The standard InChI is InChI=1S/C12H13N3O4/c13-7(12(18)19)3-1-6-2-4-8-9(5-6)15-11(17)10(16)14-8/h2,4-5,7H,1,3,13H2,(H,14,16)(H,15,17)(H,18,19). The lowest BCUT2D eigenvalue weighted by atomic mass is 10.1. The van der Waals surface area contributed by atoms with Crippen molar-refractivity contribution in [3.63, 3.8) is 0 Å². The van der Waals surface area contributed by atoms with Gasteiger partial charge < -0.3 is 20.8 Å². The number of aliphatic carboxylic acids is 1. The number of aromatic amines is 2. The van der Waals surface area contributed by atoms with Gasteiger partial charge in [0.05, 0.1) is 11.0 Å². The number of carbonyl (C=O) groups is 1. The monoisotopic (exact) mass is 263 g/mol. The normalized spacial score (nSPS) is 12.5. The summed E-state index contributed by atoms with van der Waals surface area (Å²) in [4.78, 5) is 37.8. The lowest BCUT2D eigenvalue weighted by Crippen LogP contribution is -2.30. The van der Waals surface area contributed by atoms with E-state index in [2.05, 4.69) is 9.97 Å². The predicted molar refractivity (Wildman–Crippen MR) is 69.1 cm³/mol. The Morgan fingerprint density at radius 3 is 2.47 bits per heavy atom. The Morgan fingerprint density at radius 2 is 1.84 bits per heavy atom. The molecule has 19 heavy (non-hydrogen) atoms. The van der Waals surface area contributed by atoms with Crippen LogP contribution in [0.3, 0.4) is 0 Å². The van der Waals surface area contributed by atoms with Crippen LogP contribution >= 0.6 is 0 Å². The lowest BCUT2D eigenvalue weighted by Gasteiger charge is -2.06. The number of fused-ring (bicyclic) bond motifs is 1. The molecule has 7 nitrogen and oxygen atoms in total. The molecular formula is C12H13N3O4.